The van der Waals surface area contributed by atoms with Gasteiger partial charge in [0, 0.05) is 19.2 Å². The van der Waals surface area contributed by atoms with Crippen LogP contribution in [0.15, 0.2) is 41.1 Å². The zero-order chi connectivity index (χ0) is 16.1. The molecule has 0 fully saturated rings. The molecular weight excluding hydrogens is 294 g/mol. The first-order chi connectivity index (χ1) is 11.3. The van der Waals surface area contributed by atoms with Crippen LogP contribution in [0.5, 0.6) is 0 Å². The lowest BCUT2D eigenvalue weighted by Gasteiger charge is -2.35. The van der Waals surface area contributed by atoms with Gasteiger partial charge in [0.05, 0.1) is 6.04 Å². The number of nitrogens with one attached hydrogen (secondary N) is 1. The van der Waals surface area contributed by atoms with Crippen molar-refractivity contribution in [1.29, 1.82) is 0 Å². The van der Waals surface area contributed by atoms with Crippen molar-refractivity contribution in [2.24, 2.45) is 0 Å². The summed E-state index contributed by atoms with van der Waals surface area (Å²) in [6, 6.07) is 9.69. The van der Waals surface area contributed by atoms with E-state index in [1.807, 2.05) is 12.1 Å². The molecule has 3 rings (SSSR count). The first-order valence-electron chi connectivity index (χ1n) is 7.96. The van der Waals surface area contributed by atoms with E-state index in [4.69, 9.17) is 9.63 Å². The molecule has 0 saturated heterocycles. The van der Waals surface area contributed by atoms with Crippen molar-refractivity contribution < 1.29 is 14.4 Å². The lowest BCUT2D eigenvalue weighted by molar-refractivity contribution is 0.169. The van der Waals surface area contributed by atoms with Gasteiger partial charge in [0.2, 0.25) is 0 Å². The van der Waals surface area contributed by atoms with Crippen LogP contribution in [0.25, 0.3) is 0 Å². The van der Waals surface area contributed by atoms with Gasteiger partial charge in [0.15, 0.2) is 5.82 Å². The number of aliphatic hydroxyl groups is 1. The Morgan fingerprint density at radius 2 is 2.26 bits per heavy atom. The Balaban J connectivity index is 1.83. The molecule has 2 N–H and O–H groups in total. The van der Waals surface area contributed by atoms with Crippen molar-refractivity contribution in [3.63, 3.8) is 0 Å². The Kier molecular flexibility index (Phi) is 4.92. The van der Waals surface area contributed by atoms with E-state index >= 15 is 0 Å². The van der Waals surface area contributed by atoms with Crippen LogP contribution in [0, 0.1) is 0 Å². The smallest absolute Gasteiger partial charge is 0.323 e. The van der Waals surface area contributed by atoms with E-state index in [9.17, 15) is 4.79 Å². The summed E-state index contributed by atoms with van der Waals surface area (Å²) >= 11 is 0. The molecule has 1 aliphatic carbocycles. The number of rotatable bonds is 5. The molecule has 0 bridgehead atoms. The van der Waals surface area contributed by atoms with Crippen molar-refractivity contribution in [1.82, 2.24) is 10.1 Å². The van der Waals surface area contributed by atoms with Crippen LogP contribution in [-0.4, -0.2) is 34.3 Å². The minimum absolute atomic E-state index is 0.0263. The van der Waals surface area contributed by atoms with Gasteiger partial charge in [-0.2, -0.15) is 0 Å². The molecule has 122 valence electrons. The summed E-state index contributed by atoms with van der Waals surface area (Å²) < 4.78 is 4.75. The van der Waals surface area contributed by atoms with Crippen LogP contribution in [0.1, 0.15) is 36.4 Å². The van der Waals surface area contributed by atoms with Crippen LogP contribution in [-0.2, 0) is 6.42 Å². The number of urea groups is 1. The molecule has 23 heavy (non-hydrogen) atoms. The summed E-state index contributed by atoms with van der Waals surface area (Å²) in [7, 11) is 0. The average Bonchev–Trinajstić information content (AvgIpc) is 3.08. The number of anilines is 1. The highest BCUT2D eigenvalue weighted by Gasteiger charge is 2.29. The lowest BCUT2D eigenvalue weighted by atomic mass is 9.87. The van der Waals surface area contributed by atoms with Crippen molar-refractivity contribution in [2.45, 2.75) is 31.7 Å². The second-order valence-corrected chi connectivity index (χ2v) is 5.69. The van der Waals surface area contributed by atoms with Crippen molar-refractivity contribution in [3.05, 3.63) is 47.7 Å². The fourth-order valence-electron chi connectivity index (χ4n) is 3.15. The molecular formula is C17H21N3O3. The van der Waals surface area contributed by atoms with Gasteiger partial charge in [-0.3, -0.25) is 5.32 Å². The Morgan fingerprint density at radius 1 is 1.39 bits per heavy atom. The van der Waals surface area contributed by atoms with E-state index in [0.29, 0.717) is 18.8 Å². The molecule has 1 heterocycles. The van der Waals surface area contributed by atoms with Crippen molar-refractivity contribution in [2.75, 3.05) is 18.5 Å². The molecule has 1 atom stereocenters. The number of aromatic nitrogens is 1. The molecule has 1 aromatic carbocycles. The van der Waals surface area contributed by atoms with Gasteiger partial charge < -0.3 is 14.5 Å². The predicted molar refractivity (Wildman–Crippen MR) is 86.1 cm³/mol. The minimum atomic E-state index is -0.214. The number of fused-ring (bicyclic) bond motifs is 1. The van der Waals surface area contributed by atoms with E-state index < -0.39 is 0 Å². The van der Waals surface area contributed by atoms with Gasteiger partial charge in [-0.05, 0) is 36.8 Å². The van der Waals surface area contributed by atoms with Crippen LogP contribution in [0.2, 0.25) is 0 Å². The van der Waals surface area contributed by atoms with Gasteiger partial charge in [-0.25, -0.2) is 4.79 Å². The summed E-state index contributed by atoms with van der Waals surface area (Å²) in [6.07, 6.45) is 4.99. The van der Waals surface area contributed by atoms with E-state index in [2.05, 4.69) is 22.6 Å². The number of hydrogen-bond donors (Lipinski definition) is 2. The van der Waals surface area contributed by atoms with Crippen molar-refractivity contribution >= 4 is 11.8 Å². The monoisotopic (exact) mass is 315 g/mol. The third kappa shape index (κ3) is 3.53. The predicted octanol–water partition coefficient (Wildman–Crippen LogP) is 2.97. The molecule has 1 aromatic heterocycles. The fourth-order valence-corrected chi connectivity index (χ4v) is 3.15. The first-order valence-corrected chi connectivity index (χ1v) is 7.96. The highest BCUT2D eigenvalue weighted by molar-refractivity contribution is 5.88. The summed E-state index contributed by atoms with van der Waals surface area (Å²) in [5.74, 6) is 0.396. The van der Waals surface area contributed by atoms with Gasteiger partial charge in [0.25, 0.3) is 0 Å². The maximum atomic E-state index is 12.7. The van der Waals surface area contributed by atoms with Crippen LogP contribution in [0.3, 0.4) is 0 Å². The molecule has 0 aliphatic heterocycles. The van der Waals surface area contributed by atoms with Gasteiger partial charge in [0.1, 0.15) is 6.26 Å². The second-order valence-electron chi connectivity index (χ2n) is 5.69. The molecule has 0 radical (unpaired) electrons. The summed E-state index contributed by atoms with van der Waals surface area (Å²) in [5, 5.41) is 15.6. The van der Waals surface area contributed by atoms with E-state index in [-0.39, 0.29) is 18.7 Å². The maximum Gasteiger partial charge on any atom is 0.323 e. The molecule has 0 spiro atoms. The van der Waals surface area contributed by atoms with E-state index in [1.165, 1.54) is 17.4 Å². The molecule has 6 heteroatoms. The summed E-state index contributed by atoms with van der Waals surface area (Å²) in [4.78, 5) is 14.5. The van der Waals surface area contributed by atoms with Crippen molar-refractivity contribution in [3.8, 4) is 0 Å². The first kappa shape index (κ1) is 15.6. The lowest BCUT2D eigenvalue weighted by Crippen LogP contribution is -2.40. The summed E-state index contributed by atoms with van der Waals surface area (Å²) in [6.45, 7) is 0.557. The number of aliphatic hydroxyl groups excluding tert-OH is 1. The fraction of sp³-hybridized carbons (Fsp3) is 0.412. The highest BCUT2D eigenvalue weighted by atomic mass is 16.5. The molecule has 0 saturated carbocycles. The molecule has 2 aromatic rings. The molecule has 2 amide bonds. The summed E-state index contributed by atoms with van der Waals surface area (Å²) in [5.41, 5.74) is 2.50. The van der Waals surface area contributed by atoms with Crippen LogP contribution in [0.4, 0.5) is 10.6 Å². The van der Waals surface area contributed by atoms with E-state index in [1.54, 1.807) is 11.0 Å². The number of carbonyl (C=O) groups is 1. The van der Waals surface area contributed by atoms with Crippen LogP contribution >= 0.6 is 0 Å². The standard InChI is InChI=1S/C17H21N3O3/c21-11-4-10-20(17(22)18-16-9-12-23-19-16)15-8-3-6-13-5-1-2-7-14(13)15/h1-2,5,7,9,12,15,21H,3-4,6,8,10-11H2,(H,18,19,22). The molecule has 1 unspecified atom stereocenters. The second kappa shape index (κ2) is 7.28. The SMILES string of the molecule is O=C(Nc1ccon1)N(CCCO)C1CCCc2ccccc21. The average molecular weight is 315 g/mol. The number of amides is 2. The third-order valence-electron chi connectivity index (χ3n) is 4.20. The Morgan fingerprint density at radius 3 is 3.04 bits per heavy atom. The Bertz CT molecular complexity index is 642. The normalized spacial score (nSPS) is 16.7. The quantitative estimate of drug-likeness (QED) is 0.889. The highest BCUT2D eigenvalue weighted by Crippen LogP contribution is 2.34. The van der Waals surface area contributed by atoms with Gasteiger partial charge in [-0.15, -0.1) is 0 Å². The number of aryl methyl sites for hydroxylation is 1. The third-order valence-corrected chi connectivity index (χ3v) is 4.20. The van der Waals surface area contributed by atoms with E-state index in [0.717, 1.165) is 19.3 Å². The van der Waals surface area contributed by atoms with Gasteiger partial charge >= 0.3 is 6.03 Å². The number of carbonyl (C=O) groups excluding carboxylic acids is 1. The topological polar surface area (TPSA) is 78.6 Å². The largest absolute Gasteiger partial charge is 0.396 e. The molecule has 1 aliphatic rings. The van der Waals surface area contributed by atoms with Gasteiger partial charge in [-0.1, -0.05) is 29.4 Å². The Hall–Kier alpha value is -2.34. The number of hydrogen-bond acceptors (Lipinski definition) is 4. The minimum Gasteiger partial charge on any atom is -0.396 e. The zero-order valence-electron chi connectivity index (χ0n) is 12.9. The van der Waals surface area contributed by atoms with Crippen LogP contribution < -0.4 is 5.32 Å². The maximum absolute atomic E-state index is 12.7. The number of benzene rings is 1. The number of nitrogens with zero attached hydrogens (tertiary/aromatic N) is 2. The zero-order valence-corrected chi connectivity index (χ0v) is 12.9. The Labute approximate surface area is 135 Å². The molecule has 6 nitrogen and oxygen atoms in total.